The van der Waals surface area contributed by atoms with E-state index in [1.54, 1.807) is 6.07 Å². The zero-order valence-electron chi connectivity index (χ0n) is 7.76. The first-order valence-corrected chi connectivity index (χ1v) is 3.94. The Morgan fingerprint density at radius 1 is 1.33 bits per heavy atom. The zero-order valence-corrected chi connectivity index (χ0v) is 7.76. The highest BCUT2D eigenvalue weighted by Crippen LogP contribution is 2.12. The Balaban J connectivity index is 0.000000561. The van der Waals surface area contributed by atoms with E-state index in [0.29, 0.717) is 11.5 Å². The van der Waals surface area contributed by atoms with Crippen LogP contribution >= 0.6 is 0 Å². The minimum atomic E-state index is 0.528. The molecule has 4 nitrogen and oxygen atoms in total. The summed E-state index contributed by atoms with van der Waals surface area (Å²) >= 11 is 0. The number of pyridine rings is 1. The molecule has 1 rings (SSSR count). The van der Waals surface area contributed by atoms with Crippen molar-refractivity contribution in [1.82, 2.24) is 4.98 Å². The molecule has 0 fully saturated rings. The molecule has 0 aliphatic carbocycles. The lowest BCUT2D eigenvalue weighted by Crippen LogP contribution is -2.11. The third kappa shape index (κ3) is 2.75. The van der Waals surface area contributed by atoms with E-state index in [2.05, 4.69) is 10.4 Å². The van der Waals surface area contributed by atoms with Gasteiger partial charge in [0, 0.05) is 5.69 Å². The highest BCUT2D eigenvalue weighted by Gasteiger charge is 1.95. The van der Waals surface area contributed by atoms with Crippen LogP contribution in [0.1, 0.15) is 19.5 Å². The van der Waals surface area contributed by atoms with Crippen LogP contribution in [0.5, 0.6) is 0 Å². The van der Waals surface area contributed by atoms with Crippen molar-refractivity contribution in [1.29, 1.82) is 0 Å². The molecule has 0 amide bonds. The minimum absolute atomic E-state index is 0.528. The Labute approximate surface area is 73.0 Å². The van der Waals surface area contributed by atoms with E-state index in [9.17, 15) is 0 Å². The lowest BCUT2D eigenvalue weighted by Gasteiger charge is -2.02. The molecule has 1 aromatic rings. The summed E-state index contributed by atoms with van der Waals surface area (Å²) in [6.07, 6.45) is 0. The molecule has 0 aliphatic rings. The number of nitrogens with zero attached hydrogens (tertiary/aromatic N) is 1. The van der Waals surface area contributed by atoms with Gasteiger partial charge in [0.2, 0.25) is 0 Å². The molecule has 4 heteroatoms. The zero-order chi connectivity index (χ0) is 9.56. The number of hydrogen-bond donors (Lipinski definition) is 3. The molecular formula is C8H16N4. The number of nitrogen functional groups attached to an aromatic ring is 2. The fraction of sp³-hybridized carbons (Fsp3) is 0.375. The van der Waals surface area contributed by atoms with Gasteiger partial charge in [-0.05, 0) is 19.1 Å². The summed E-state index contributed by atoms with van der Waals surface area (Å²) in [6.45, 7) is 5.88. The number of hydrazine groups is 1. The van der Waals surface area contributed by atoms with Crippen molar-refractivity contribution >= 4 is 11.5 Å². The Morgan fingerprint density at radius 3 is 2.33 bits per heavy atom. The number of hydrogen-bond acceptors (Lipinski definition) is 4. The van der Waals surface area contributed by atoms with Gasteiger partial charge >= 0.3 is 0 Å². The van der Waals surface area contributed by atoms with Crippen LogP contribution in [-0.4, -0.2) is 4.98 Å². The number of aromatic nitrogens is 1. The van der Waals surface area contributed by atoms with Crippen LogP contribution in [0.15, 0.2) is 12.1 Å². The van der Waals surface area contributed by atoms with E-state index in [1.807, 2.05) is 26.8 Å². The molecule has 0 radical (unpaired) electrons. The summed E-state index contributed by atoms with van der Waals surface area (Å²) in [4.78, 5) is 4.03. The minimum Gasteiger partial charge on any atom is -0.396 e. The van der Waals surface area contributed by atoms with E-state index >= 15 is 0 Å². The number of nitrogens with two attached hydrogens (primary N) is 2. The Bertz CT molecular complexity index is 234. The number of nitrogens with one attached hydrogen (secondary N) is 1. The smallest absolute Gasteiger partial charge is 0.163 e. The molecule has 0 aromatic carbocycles. The van der Waals surface area contributed by atoms with Crippen molar-refractivity contribution in [2.45, 2.75) is 20.8 Å². The molecule has 1 heterocycles. The summed E-state index contributed by atoms with van der Waals surface area (Å²) < 4.78 is 0. The molecule has 0 saturated heterocycles. The predicted octanol–water partition coefficient (Wildman–Crippen LogP) is 1.28. The molecule has 0 bridgehead atoms. The molecule has 12 heavy (non-hydrogen) atoms. The molecular weight excluding hydrogens is 152 g/mol. The second kappa shape index (κ2) is 5.37. The quantitative estimate of drug-likeness (QED) is 0.436. The fourth-order valence-corrected chi connectivity index (χ4v) is 0.683. The number of anilines is 2. The van der Waals surface area contributed by atoms with Crippen LogP contribution in [0.3, 0.4) is 0 Å². The normalized spacial score (nSPS) is 8.33. The van der Waals surface area contributed by atoms with E-state index in [0.717, 1.165) is 5.69 Å². The molecule has 0 atom stereocenters. The van der Waals surface area contributed by atoms with Crippen LogP contribution in [0, 0.1) is 6.92 Å². The van der Waals surface area contributed by atoms with Crippen molar-refractivity contribution in [2.75, 3.05) is 11.2 Å². The second-order valence-electron chi connectivity index (χ2n) is 2.03. The lowest BCUT2D eigenvalue weighted by molar-refractivity contribution is 1.16. The molecule has 68 valence electrons. The van der Waals surface area contributed by atoms with Crippen LogP contribution in [0.25, 0.3) is 0 Å². The standard InChI is InChI=1S/C6H10N4.C2H6/c1-4-2-3-5(7)6(9-4)10-8;1-2/h2-3H,7-8H2,1H3,(H,9,10);1-2H3. The van der Waals surface area contributed by atoms with Gasteiger partial charge < -0.3 is 11.2 Å². The summed E-state index contributed by atoms with van der Waals surface area (Å²) in [5.41, 5.74) is 9.35. The molecule has 0 spiro atoms. The van der Waals surface area contributed by atoms with Gasteiger partial charge in [0.05, 0.1) is 5.69 Å². The average molecular weight is 168 g/mol. The van der Waals surface area contributed by atoms with Crippen LogP contribution in [0.4, 0.5) is 11.5 Å². The monoisotopic (exact) mass is 168 g/mol. The molecule has 5 N–H and O–H groups in total. The van der Waals surface area contributed by atoms with E-state index in [4.69, 9.17) is 11.6 Å². The van der Waals surface area contributed by atoms with E-state index in [-0.39, 0.29) is 0 Å². The number of rotatable bonds is 1. The van der Waals surface area contributed by atoms with Crippen molar-refractivity contribution in [2.24, 2.45) is 5.84 Å². The van der Waals surface area contributed by atoms with Crippen molar-refractivity contribution < 1.29 is 0 Å². The summed E-state index contributed by atoms with van der Waals surface area (Å²) in [6, 6.07) is 3.59. The van der Waals surface area contributed by atoms with Gasteiger partial charge in [-0.15, -0.1) is 0 Å². The summed E-state index contributed by atoms with van der Waals surface area (Å²) in [7, 11) is 0. The average Bonchev–Trinajstić information content (AvgIpc) is 2.13. The van der Waals surface area contributed by atoms with Crippen molar-refractivity contribution in [3.05, 3.63) is 17.8 Å². The SMILES string of the molecule is CC.Cc1ccc(N)c(NN)n1. The van der Waals surface area contributed by atoms with Gasteiger partial charge in [-0.2, -0.15) is 0 Å². The number of aryl methyl sites for hydroxylation is 1. The van der Waals surface area contributed by atoms with Crippen LogP contribution in [-0.2, 0) is 0 Å². The predicted molar refractivity (Wildman–Crippen MR) is 52.5 cm³/mol. The first kappa shape index (κ1) is 10.7. The van der Waals surface area contributed by atoms with Gasteiger partial charge in [0.25, 0.3) is 0 Å². The Kier molecular flexibility index (Phi) is 4.79. The van der Waals surface area contributed by atoms with E-state index < -0.39 is 0 Å². The maximum Gasteiger partial charge on any atom is 0.163 e. The van der Waals surface area contributed by atoms with Gasteiger partial charge in [-0.1, -0.05) is 13.8 Å². The molecule has 0 saturated carbocycles. The van der Waals surface area contributed by atoms with Crippen molar-refractivity contribution in [3.8, 4) is 0 Å². The Hall–Kier alpha value is -1.29. The maximum atomic E-state index is 5.49. The lowest BCUT2D eigenvalue weighted by atomic mass is 10.3. The first-order valence-electron chi connectivity index (χ1n) is 3.94. The highest BCUT2D eigenvalue weighted by molar-refractivity contribution is 5.60. The van der Waals surface area contributed by atoms with Crippen molar-refractivity contribution in [3.63, 3.8) is 0 Å². The first-order chi connectivity index (χ1) is 5.74. The largest absolute Gasteiger partial charge is 0.396 e. The third-order valence-electron chi connectivity index (χ3n) is 1.20. The maximum absolute atomic E-state index is 5.49. The van der Waals surface area contributed by atoms with Gasteiger partial charge in [-0.25, -0.2) is 10.8 Å². The van der Waals surface area contributed by atoms with Gasteiger partial charge in [-0.3, -0.25) is 0 Å². The third-order valence-corrected chi connectivity index (χ3v) is 1.20. The van der Waals surface area contributed by atoms with Crippen LogP contribution in [0.2, 0.25) is 0 Å². The van der Waals surface area contributed by atoms with Crippen LogP contribution < -0.4 is 17.0 Å². The molecule has 0 aliphatic heterocycles. The fourth-order valence-electron chi connectivity index (χ4n) is 0.683. The van der Waals surface area contributed by atoms with E-state index in [1.165, 1.54) is 0 Å². The van der Waals surface area contributed by atoms with Gasteiger partial charge in [0.1, 0.15) is 0 Å². The van der Waals surface area contributed by atoms with Gasteiger partial charge in [0.15, 0.2) is 5.82 Å². The summed E-state index contributed by atoms with van der Waals surface area (Å²) in [5.74, 6) is 5.65. The summed E-state index contributed by atoms with van der Waals surface area (Å²) in [5, 5.41) is 0. The topological polar surface area (TPSA) is 77.0 Å². The molecule has 0 unspecified atom stereocenters. The molecule has 1 aromatic heterocycles. The second-order valence-corrected chi connectivity index (χ2v) is 2.03. The highest BCUT2D eigenvalue weighted by atomic mass is 15.3. The Morgan fingerprint density at radius 2 is 1.92 bits per heavy atom.